The third-order valence-electron chi connectivity index (χ3n) is 1.26. The van der Waals surface area contributed by atoms with Gasteiger partial charge in [-0.15, -0.1) is 0 Å². The van der Waals surface area contributed by atoms with E-state index in [9.17, 15) is 13.2 Å². The van der Waals surface area contributed by atoms with Crippen LogP contribution in [-0.4, -0.2) is 9.97 Å². The van der Waals surface area contributed by atoms with Crippen molar-refractivity contribution >= 4 is 17.5 Å². The molecule has 0 unspecified atom stereocenters. The molecule has 1 rings (SSSR count). The Morgan fingerprint density at radius 2 is 1.54 bits per heavy atom. The fraction of sp³-hybridized carbons (Fsp3) is 0.200. The molecule has 1 aromatic rings. The highest BCUT2D eigenvalue weighted by molar-refractivity contribution is 5.63. The number of nitrogens with zero attached hydrogens (tertiary/aromatic N) is 2. The van der Waals surface area contributed by atoms with Gasteiger partial charge in [0.2, 0.25) is 5.95 Å². The van der Waals surface area contributed by atoms with Crippen LogP contribution in [0.4, 0.5) is 30.6 Å². The molecule has 0 saturated carbocycles. The summed E-state index contributed by atoms with van der Waals surface area (Å²) in [5.41, 5.74) is 13.0. The summed E-state index contributed by atoms with van der Waals surface area (Å²) in [6, 6.07) is 0. The first-order valence-corrected chi connectivity index (χ1v) is 3.08. The third-order valence-corrected chi connectivity index (χ3v) is 1.26. The molecule has 1 aromatic heterocycles. The fourth-order valence-electron chi connectivity index (χ4n) is 0.721. The Morgan fingerprint density at radius 3 is 2.00 bits per heavy atom. The Balaban J connectivity index is 3.37. The summed E-state index contributed by atoms with van der Waals surface area (Å²) in [7, 11) is 0. The van der Waals surface area contributed by atoms with Crippen LogP contribution in [0.5, 0.6) is 0 Å². The molecule has 0 atom stereocenters. The van der Waals surface area contributed by atoms with E-state index in [1.807, 2.05) is 0 Å². The van der Waals surface area contributed by atoms with E-state index in [4.69, 9.17) is 17.2 Å². The number of alkyl halides is 3. The van der Waals surface area contributed by atoms with E-state index in [0.29, 0.717) is 0 Å². The van der Waals surface area contributed by atoms with Crippen molar-refractivity contribution < 1.29 is 13.2 Å². The second kappa shape index (κ2) is 2.64. The number of halogens is 3. The molecule has 5 nitrogen and oxygen atoms in total. The van der Waals surface area contributed by atoms with Gasteiger partial charge >= 0.3 is 6.18 Å². The van der Waals surface area contributed by atoms with E-state index >= 15 is 0 Å². The molecule has 13 heavy (non-hydrogen) atoms. The highest BCUT2D eigenvalue weighted by Gasteiger charge is 2.36. The maximum atomic E-state index is 12.1. The summed E-state index contributed by atoms with van der Waals surface area (Å²) in [5.74, 6) is -1.03. The van der Waals surface area contributed by atoms with E-state index in [1.165, 1.54) is 0 Å². The molecule has 0 saturated heterocycles. The van der Waals surface area contributed by atoms with Crippen LogP contribution in [0.25, 0.3) is 0 Å². The standard InChI is InChI=1S/C5H6F3N5/c6-5(7,8)2-1(9)3(10)13-4(11)12-2/h9H2,(H4,10,11,12,13). The number of hydrogen-bond acceptors (Lipinski definition) is 5. The van der Waals surface area contributed by atoms with Crippen molar-refractivity contribution in [1.82, 2.24) is 9.97 Å². The van der Waals surface area contributed by atoms with Gasteiger partial charge in [-0.2, -0.15) is 18.2 Å². The first-order valence-electron chi connectivity index (χ1n) is 3.08. The molecule has 6 N–H and O–H groups in total. The van der Waals surface area contributed by atoms with Crippen molar-refractivity contribution in [2.24, 2.45) is 0 Å². The second-order valence-electron chi connectivity index (χ2n) is 2.23. The summed E-state index contributed by atoms with van der Waals surface area (Å²) in [5, 5.41) is 0. The molecule has 0 aromatic carbocycles. The predicted molar refractivity (Wildman–Crippen MR) is 40.3 cm³/mol. The van der Waals surface area contributed by atoms with Crippen molar-refractivity contribution in [3.63, 3.8) is 0 Å². The lowest BCUT2D eigenvalue weighted by atomic mass is 10.3. The molecule has 0 fully saturated rings. The Morgan fingerprint density at radius 1 is 1.00 bits per heavy atom. The van der Waals surface area contributed by atoms with Gasteiger partial charge in [-0.25, -0.2) is 4.98 Å². The van der Waals surface area contributed by atoms with Gasteiger partial charge < -0.3 is 17.2 Å². The summed E-state index contributed by atoms with van der Waals surface area (Å²) in [4.78, 5) is 6.21. The van der Waals surface area contributed by atoms with Crippen LogP contribution in [0, 0.1) is 0 Å². The lowest BCUT2D eigenvalue weighted by Crippen LogP contribution is -2.16. The zero-order chi connectivity index (χ0) is 10.2. The molecule has 0 radical (unpaired) electrons. The van der Waals surface area contributed by atoms with Gasteiger partial charge in [-0.3, -0.25) is 0 Å². The van der Waals surface area contributed by atoms with Crippen LogP contribution in [0.15, 0.2) is 0 Å². The maximum absolute atomic E-state index is 12.1. The Bertz CT molecular complexity index is 334. The highest BCUT2D eigenvalue weighted by atomic mass is 19.4. The number of aromatic nitrogens is 2. The molecule has 0 bridgehead atoms. The lowest BCUT2D eigenvalue weighted by molar-refractivity contribution is -0.140. The monoisotopic (exact) mass is 193 g/mol. The van der Waals surface area contributed by atoms with Gasteiger partial charge in [0.1, 0.15) is 5.69 Å². The Labute approximate surface area is 70.8 Å². The van der Waals surface area contributed by atoms with Crippen LogP contribution in [-0.2, 0) is 6.18 Å². The van der Waals surface area contributed by atoms with E-state index in [2.05, 4.69) is 9.97 Å². The summed E-state index contributed by atoms with van der Waals surface area (Å²) in [6.07, 6.45) is -4.67. The van der Waals surface area contributed by atoms with Gasteiger partial charge in [0, 0.05) is 0 Å². The van der Waals surface area contributed by atoms with Crippen LogP contribution in [0.1, 0.15) is 5.69 Å². The van der Waals surface area contributed by atoms with E-state index < -0.39 is 29.3 Å². The predicted octanol–water partition coefficient (Wildman–Crippen LogP) is 0.242. The van der Waals surface area contributed by atoms with Gasteiger partial charge in [0.25, 0.3) is 0 Å². The molecule has 8 heteroatoms. The van der Waals surface area contributed by atoms with Gasteiger partial charge in [-0.05, 0) is 0 Å². The second-order valence-corrected chi connectivity index (χ2v) is 2.23. The first kappa shape index (κ1) is 9.36. The zero-order valence-electron chi connectivity index (χ0n) is 6.26. The van der Waals surface area contributed by atoms with Gasteiger partial charge in [0.15, 0.2) is 11.5 Å². The molecule has 0 aliphatic carbocycles. The average Bonchev–Trinajstić information content (AvgIpc) is 1.94. The SMILES string of the molecule is Nc1nc(N)c(N)c(C(F)(F)F)n1. The summed E-state index contributed by atoms with van der Waals surface area (Å²) < 4.78 is 36.4. The van der Waals surface area contributed by atoms with Crippen LogP contribution >= 0.6 is 0 Å². The lowest BCUT2D eigenvalue weighted by Gasteiger charge is -2.09. The average molecular weight is 193 g/mol. The van der Waals surface area contributed by atoms with E-state index in [-0.39, 0.29) is 0 Å². The molecule has 0 aliphatic heterocycles. The van der Waals surface area contributed by atoms with Crippen LogP contribution in [0.2, 0.25) is 0 Å². The van der Waals surface area contributed by atoms with E-state index in [1.54, 1.807) is 0 Å². The van der Waals surface area contributed by atoms with Gasteiger partial charge in [0.05, 0.1) is 0 Å². The van der Waals surface area contributed by atoms with E-state index in [0.717, 1.165) is 0 Å². The van der Waals surface area contributed by atoms with Crippen molar-refractivity contribution in [2.45, 2.75) is 6.18 Å². The molecular formula is C5H6F3N5. The molecule has 0 aliphatic rings. The quantitative estimate of drug-likeness (QED) is 0.547. The Kier molecular flexibility index (Phi) is 1.90. The van der Waals surface area contributed by atoms with Crippen molar-refractivity contribution in [1.29, 1.82) is 0 Å². The van der Waals surface area contributed by atoms with Gasteiger partial charge in [-0.1, -0.05) is 0 Å². The van der Waals surface area contributed by atoms with Crippen molar-refractivity contribution in [2.75, 3.05) is 17.2 Å². The van der Waals surface area contributed by atoms with Crippen molar-refractivity contribution in [3.8, 4) is 0 Å². The number of nitrogens with two attached hydrogens (primary N) is 3. The molecule has 1 heterocycles. The highest BCUT2D eigenvalue weighted by Crippen LogP contribution is 2.33. The minimum atomic E-state index is -4.67. The summed E-state index contributed by atoms with van der Waals surface area (Å²) >= 11 is 0. The smallest absolute Gasteiger partial charge is 0.394 e. The number of rotatable bonds is 0. The van der Waals surface area contributed by atoms with Crippen molar-refractivity contribution in [3.05, 3.63) is 5.69 Å². The van der Waals surface area contributed by atoms with Crippen LogP contribution in [0.3, 0.4) is 0 Å². The molecule has 0 spiro atoms. The minimum absolute atomic E-state index is 0.472. The fourth-order valence-corrected chi connectivity index (χ4v) is 0.721. The number of nitrogen functional groups attached to an aromatic ring is 3. The topological polar surface area (TPSA) is 104 Å². The normalized spacial score (nSPS) is 11.6. The zero-order valence-corrected chi connectivity index (χ0v) is 6.26. The largest absolute Gasteiger partial charge is 0.435 e. The van der Waals surface area contributed by atoms with Crippen LogP contribution < -0.4 is 17.2 Å². The number of anilines is 3. The summed E-state index contributed by atoms with van der Waals surface area (Å²) in [6.45, 7) is 0. The molecule has 0 amide bonds. The number of hydrogen-bond donors (Lipinski definition) is 3. The maximum Gasteiger partial charge on any atom is 0.435 e. The minimum Gasteiger partial charge on any atom is -0.394 e. The molecule has 72 valence electrons. The third kappa shape index (κ3) is 1.71. The first-order chi connectivity index (χ1) is 5.82. The Hall–Kier alpha value is -1.73. The molecular weight excluding hydrogens is 187 g/mol.